The molecule has 2 aliphatic rings. The van der Waals surface area contributed by atoms with Gasteiger partial charge in [0.25, 0.3) is 5.91 Å². The Morgan fingerprint density at radius 2 is 1.81 bits per heavy atom. The van der Waals surface area contributed by atoms with E-state index in [1.54, 1.807) is 30.3 Å². The van der Waals surface area contributed by atoms with Gasteiger partial charge < -0.3 is 15.3 Å². The highest BCUT2D eigenvalue weighted by Crippen LogP contribution is 2.26. The number of rotatable bonds is 3. The maximum atomic E-state index is 14.0. The molecule has 27 heavy (non-hydrogen) atoms. The van der Waals surface area contributed by atoms with E-state index in [1.807, 2.05) is 4.90 Å². The number of aromatic hydroxyl groups is 1. The first-order valence-electron chi connectivity index (χ1n) is 9.45. The first kappa shape index (κ1) is 17.9. The predicted octanol–water partition coefficient (Wildman–Crippen LogP) is 2.32. The monoisotopic (exact) mass is 369 g/mol. The second kappa shape index (κ2) is 7.66. The van der Waals surface area contributed by atoms with Gasteiger partial charge in [-0.3, -0.25) is 9.69 Å². The second-order valence-corrected chi connectivity index (χ2v) is 7.22. The first-order chi connectivity index (χ1) is 13.1. The number of piperazine rings is 1. The summed E-state index contributed by atoms with van der Waals surface area (Å²) >= 11 is 0. The summed E-state index contributed by atoms with van der Waals surface area (Å²) in [5.41, 5.74) is 1.71. The van der Waals surface area contributed by atoms with Crippen LogP contribution in [-0.2, 0) is 0 Å². The van der Waals surface area contributed by atoms with Crippen molar-refractivity contribution in [3.63, 3.8) is 0 Å². The standard InChI is InChI=1S/C21H24FN3O2/c22-20-13-18(26)5-6-19(20)15-1-3-16(4-2-15)21(27)25-11-9-24(10-12-25)17-7-8-23-14-17/h1-6,13,17,23,26H,7-12,14H2. The van der Waals surface area contributed by atoms with Crippen LogP contribution in [0.4, 0.5) is 4.39 Å². The summed E-state index contributed by atoms with van der Waals surface area (Å²) in [5.74, 6) is -0.556. The van der Waals surface area contributed by atoms with E-state index < -0.39 is 5.82 Å². The van der Waals surface area contributed by atoms with Crippen molar-refractivity contribution >= 4 is 5.91 Å². The van der Waals surface area contributed by atoms with E-state index in [0.717, 1.165) is 45.3 Å². The topological polar surface area (TPSA) is 55.8 Å². The zero-order valence-corrected chi connectivity index (χ0v) is 15.2. The quantitative estimate of drug-likeness (QED) is 0.872. The summed E-state index contributed by atoms with van der Waals surface area (Å²) < 4.78 is 14.0. The molecular formula is C21H24FN3O2. The summed E-state index contributed by atoms with van der Waals surface area (Å²) in [7, 11) is 0. The fourth-order valence-corrected chi connectivity index (χ4v) is 3.95. The van der Waals surface area contributed by atoms with Gasteiger partial charge in [0, 0.05) is 56.0 Å². The molecule has 1 atom stereocenters. The Labute approximate surface area is 158 Å². The molecule has 2 fully saturated rings. The van der Waals surface area contributed by atoms with Gasteiger partial charge in [0.2, 0.25) is 0 Å². The Bertz CT molecular complexity index is 811. The molecule has 2 aromatic rings. The molecular weight excluding hydrogens is 345 g/mol. The van der Waals surface area contributed by atoms with E-state index in [1.165, 1.54) is 12.5 Å². The van der Waals surface area contributed by atoms with E-state index in [-0.39, 0.29) is 11.7 Å². The smallest absolute Gasteiger partial charge is 0.253 e. The van der Waals surface area contributed by atoms with Crippen molar-refractivity contribution < 1.29 is 14.3 Å². The number of hydrogen-bond donors (Lipinski definition) is 2. The Balaban J connectivity index is 1.41. The summed E-state index contributed by atoms with van der Waals surface area (Å²) in [6, 6.07) is 11.7. The number of benzene rings is 2. The molecule has 4 rings (SSSR count). The van der Waals surface area contributed by atoms with Crippen molar-refractivity contribution in [2.75, 3.05) is 39.3 Å². The molecule has 0 spiro atoms. The van der Waals surface area contributed by atoms with E-state index in [4.69, 9.17) is 0 Å². The van der Waals surface area contributed by atoms with Gasteiger partial charge in [0.05, 0.1) is 0 Å². The Morgan fingerprint density at radius 1 is 1.07 bits per heavy atom. The molecule has 0 radical (unpaired) electrons. The molecule has 0 saturated carbocycles. The molecule has 142 valence electrons. The lowest BCUT2D eigenvalue weighted by molar-refractivity contribution is 0.0584. The number of carbonyl (C=O) groups is 1. The molecule has 0 aromatic heterocycles. The van der Waals surface area contributed by atoms with Gasteiger partial charge in [-0.2, -0.15) is 0 Å². The molecule has 2 heterocycles. The Morgan fingerprint density at radius 3 is 2.44 bits per heavy atom. The van der Waals surface area contributed by atoms with Crippen LogP contribution in [0.5, 0.6) is 5.75 Å². The van der Waals surface area contributed by atoms with Crippen molar-refractivity contribution in [1.29, 1.82) is 0 Å². The zero-order valence-electron chi connectivity index (χ0n) is 15.2. The molecule has 2 N–H and O–H groups in total. The molecule has 2 aromatic carbocycles. The van der Waals surface area contributed by atoms with Crippen LogP contribution in [0.3, 0.4) is 0 Å². The third-order valence-corrected chi connectivity index (χ3v) is 5.55. The molecule has 1 unspecified atom stereocenters. The molecule has 6 heteroatoms. The number of amides is 1. The minimum Gasteiger partial charge on any atom is -0.508 e. The Hall–Kier alpha value is -2.44. The van der Waals surface area contributed by atoms with Crippen molar-refractivity contribution in [2.24, 2.45) is 0 Å². The normalized spacial score (nSPS) is 20.8. The van der Waals surface area contributed by atoms with Gasteiger partial charge in [0.15, 0.2) is 0 Å². The minimum atomic E-state index is -0.480. The molecule has 0 bridgehead atoms. The summed E-state index contributed by atoms with van der Waals surface area (Å²) in [6.45, 7) is 5.43. The van der Waals surface area contributed by atoms with Crippen molar-refractivity contribution in [3.05, 3.63) is 53.8 Å². The van der Waals surface area contributed by atoms with Gasteiger partial charge in [-0.15, -0.1) is 0 Å². The predicted molar refractivity (Wildman–Crippen MR) is 102 cm³/mol. The number of carbonyl (C=O) groups excluding carboxylic acids is 1. The lowest BCUT2D eigenvalue weighted by atomic mass is 10.0. The van der Waals surface area contributed by atoms with Crippen LogP contribution in [0.15, 0.2) is 42.5 Å². The van der Waals surface area contributed by atoms with Crippen LogP contribution in [0.25, 0.3) is 11.1 Å². The van der Waals surface area contributed by atoms with Crippen LogP contribution in [0.2, 0.25) is 0 Å². The fraction of sp³-hybridized carbons (Fsp3) is 0.381. The minimum absolute atomic E-state index is 0.0249. The van der Waals surface area contributed by atoms with Gasteiger partial charge in [0.1, 0.15) is 11.6 Å². The van der Waals surface area contributed by atoms with E-state index in [0.29, 0.717) is 22.7 Å². The van der Waals surface area contributed by atoms with Crippen molar-refractivity contribution in [2.45, 2.75) is 12.5 Å². The second-order valence-electron chi connectivity index (χ2n) is 7.22. The van der Waals surface area contributed by atoms with Gasteiger partial charge in [-0.05, 0) is 42.8 Å². The van der Waals surface area contributed by atoms with Gasteiger partial charge in [-0.1, -0.05) is 12.1 Å². The maximum Gasteiger partial charge on any atom is 0.253 e. The van der Waals surface area contributed by atoms with E-state index in [9.17, 15) is 14.3 Å². The van der Waals surface area contributed by atoms with Crippen LogP contribution < -0.4 is 5.32 Å². The zero-order chi connectivity index (χ0) is 18.8. The third kappa shape index (κ3) is 3.82. The molecule has 2 aliphatic heterocycles. The summed E-state index contributed by atoms with van der Waals surface area (Å²) in [4.78, 5) is 17.1. The fourth-order valence-electron chi connectivity index (χ4n) is 3.95. The lowest BCUT2D eigenvalue weighted by Gasteiger charge is -2.37. The van der Waals surface area contributed by atoms with Crippen molar-refractivity contribution in [3.8, 4) is 16.9 Å². The van der Waals surface area contributed by atoms with Gasteiger partial charge >= 0.3 is 0 Å². The maximum absolute atomic E-state index is 14.0. The number of halogens is 1. The van der Waals surface area contributed by atoms with Crippen molar-refractivity contribution in [1.82, 2.24) is 15.1 Å². The lowest BCUT2D eigenvalue weighted by Crippen LogP contribution is -2.52. The average molecular weight is 369 g/mol. The highest BCUT2D eigenvalue weighted by atomic mass is 19.1. The largest absolute Gasteiger partial charge is 0.508 e. The number of nitrogens with one attached hydrogen (secondary N) is 1. The molecule has 0 aliphatic carbocycles. The average Bonchev–Trinajstić information content (AvgIpc) is 3.23. The van der Waals surface area contributed by atoms with E-state index in [2.05, 4.69) is 10.2 Å². The number of phenols is 1. The third-order valence-electron chi connectivity index (χ3n) is 5.55. The van der Waals surface area contributed by atoms with Crippen LogP contribution >= 0.6 is 0 Å². The summed E-state index contributed by atoms with van der Waals surface area (Å²) in [5, 5.41) is 12.7. The number of phenolic OH excluding ortho intramolecular Hbond substituents is 1. The molecule has 2 saturated heterocycles. The highest BCUT2D eigenvalue weighted by molar-refractivity contribution is 5.94. The van der Waals surface area contributed by atoms with Crippen LogP contribution in [0.1, 0.15) is 16.8 Å². The number of nitrogens with zero attached hydrogens (tertiary/aromatic N) is 2. The molecule has 5 nitrogen and oxygen atoms in total. The summed E-state index contributed by atoms with van der Waals surface area (Å²) in [6.07, 6.45) is 1.18. The number of hydrogen-bond acceptors (Lipinski definition) is 4. The first-order valence-corrected chi connectivity index (χ1v) is 9.45. The van der Waals surface area contributed by atoms with Gasteiger partial charge in [-0.25, -0.2) is 4.39 Å². The van der Waals surface area contributed by atoms with Crippen LogP contribution in [0, 0.1) is 5.82 Å². The highest BCUT2D eigenvalue weighted by Gasteiger charge is 2.28. The Kier molecular flexibility index (Phi) is 5.09. The SMILES string of the molecule is O=C(c1ccc(-c2ccc(O)cc2F)cc1)N1CCN(C2CCNC2)CC1. The van der Waals surface area contributed by atoms with E-state index >= 15 is 0 Å². The molecule has 1 amide bonds. The van der Waals surface area contributed by atoms with Crippen LogP contribution in [-0.4, -0.2) is 66.1 Å².